The fourth-order valence-corrected chi connectivity index (χ4v) is 3.29. The van der Waals surface area contributed by atoms with E-state index in [9.17, 15) is 4.79 Å². The molecule has 1 amide bonds. The van der Waals surface area contributed by atoms with Gasteiger partial charge in [0.15, 0.2) is 0 Å². The molecule has 2 bridgehead atoms. The number of nitrogens with zero attached hydrogens (tertiary/aromatic N) is 2. The van der Waals surface area contributed by atoms with Gasteiger partial charge in [0.2, 0.25) is 11.2 Å². The van der Waals surface area contributed by atoms with Crippen LogP contribution in [0.1, 0.15) is 6.42 Å². The molecule has 0 aromatic carbocycles. The molecule has 1 heterocycles. The largest absolute Gasteiger partial charge is 0.369 e. The third-order valence-electron chi connectivity index (χ3n) is 3.81. The summed E-state index contributed by atoms with van der Waals surface area (Å²) in [5.74, 6) is 0.382. The first kappa shape index (κ1) is 12.7. The molecular formula is C12H12Cl2N4O. The van der Waals surface area contributed by atoms with Gasteiger partial charge in [0.05, 0.1) is 12.1 Å². The fraction of sp³-hybridized carbons (Fsp3) is 0.417. The number of carbonyl (C=O) groups is 1. The predicted octanol–water partition coefficient (Wildman–Crippen LogP) is 1.87. The van der Waals surface area contributed by atoms with Crippen molar-refractivity contribution < 1.29 is 4.79 Å². The monoisotopic (exact) mass is 298 g/mol. The maximum atomic E-state index is 11.6. The standard InChI is InChI=1S/C12H12Cl2N4O/c13-7-4-16-12(14)18-11(7)17-9-6-2-1-5(3-6)8(9)10(15)19/h1-2,4-6,8-9H,3H2,(H2,15,19)(H,16,17,18)/t5-,6+,8?,9?/m1/s1. The number of halogens is 2. The zero-order chi connectivity index (χ0) is 13.6. The summed E-state index contributed by atoms with van der Waals surface area (Å²) in [4.78, 5) is 19.4. The highest BCUT2D eigenvalue weighted by atomic mass is 35.5. The second-order valence-corrected chi connectivity index (χ2v) is 5.63. The molecule has 2 aliphatic rings. The second kappa shape index (κ2) is 4.65. The minimum atomic E-state index is -0.300. The van der Waals surface area contributed by atoms with Gasteiger partial charge >= 0.3 is 0 Å². The molecule has 0 radical (unpaired) electrons. The van der Waals surface area contributed by atoms with Crippen molar-refractivity contribution in [3.05, 3.63) is 28.7 Å². The van der Waals surface area contributed by atoms with Gasteiger partial charge in [-0.15, -0.1) is 0 Å². The van der Waals surface area contributed by atoms with Crippen molar-refractivity contribution in [1.82, 2.24) is 9.97 Å². The van der Waals surface area contributed by atoms with Crippen LogP contribution in [-0.4, -0.2) is 21.9 Å². The number of aromatic nitrogens is 2. The molecular weight excluding hydrogens is 287 g/mol. The Kier molecular flexibility index (Phi) is 3.11. The summed E-state index contributed by atoms with van der Waals surface area (Å²) in [6, 6.07) is -0.0871. The lowest BCUT2D eigenvalue weighted by molar-refractivity contribution is -0.122. The van der Waals surface area contributed by atoms with Gasteiger partial charge in [-0.25, -0.2) is 4.98 Å². The van der Waals surface area contributed by atoms with Crippen molar-refractivity contribution in [2.24, 2.45) is 23.5 Å². The number of nitrogens with two attached hydrogens (primary N) is 1. The fourth-order valence-electron chi connectivity index (χ4n) is 3.01. The Bertz CT molecular complexity index is 563. The highest BCUT2D eigenvalue weighted by Gasteiger charge is 2.47. The minimum Gasteiger partial charge on any atom is -0.369 e. The predicted molar refractivity (Wildman–Crippen MR) is 72.9 cm³/mol. The lowest BCUT2D eigenvalue weighted by Crippen LogP contribution is -2.41. The van der Waals surface area contributed by atoms with Crippen LogP contribution in [0.15, 0.2) is 18.3 Å². The summed E-state index contributed by atoms with van der Waals surface area (Å²) in [5.41, 5.74) is 5.49. The number of carbonyl (C=O) groups excluding carboxylic acids is 1. The van der Waals surface area contributed by atoms with E-state index in [0.29, 0.717) is 10.8 Å². The molecule has 2 unspecified atom stereocenters. The summed E-state index contributed by atoms with van der Waals surface area (Å²) >= 11 is 11.8. The number of allylic oxidation sites excluding steroid dienone is 1. The first-order valence-electron chi connectivity index (χ1n) is 5.98. The number of primary amides is 1. The molecule has 4 atom stereocenters. The van der Waals surface area contributed by atoms with Gasteiger partial charge in [0, 0.05) is 6.04 Å². The summed E-state index contributed by atoms with van der Waals surface area (Å²) in [6.45, 7) is 0. The molecule has 100 valence electrons. The Morgan fingerprint density at radius 3 is 2.84 bits per heavy atom. The number of amides is 1. The minimum absolute atomic E-state index is 0.0871. The number of rotatable bonds is 3. The van der Waals surface area contributed by atoms with Gasteiger partial charge in [-0.1, -0.05) is 23.8 Å². The van der Waals surface area contributed by atoms with E-state index in [2.05, 4.69) is 27.4 Å². The van der Waals surface area contributed by atoms with E-state index in [4.69, 9.17) is 28.9 Å². The van der Waals surface area contributed by atoms with E-state index in [1.165, 1.54) is 6.20 Å². The maximum absolute atomic E-state index is 11.6. The molecule has 1 aromatic heterocycles. The highest BCUT2D eigenvalue weighted by molar-refractivity contribution is 6.33. The highest BCUT2D eigenvalue weighted by Crippen LogP contribution is 2.45. The molecule has 1 saturated carbocycles. The lowest BCUT2D eigenvalue weighted by Gasteiger charge is -2.27. The van der Waals surface area contributed by atoms with Crippen LogP contribution < -0.4 is 11.1 Å². The van der Waals surface area contributed by atoms with Crippen LogP contribution in [0.3, 0.4) is 0 Å². The number of fused-ring (bicyclic) bond motifs is 2. The summed E-state index contributed by atoms with van der Waals surface area (Å²) in [6.07, 6.45) is 6.54. The first-order valence-corrected chi connectivity index (χ1v) is 6.74. The molecule has 2 aliphatic carbocycles. The van der Waals surface area contributed by atoms with Gasteiger partial charge in [-0.05, 0) is 29.9 Å². The summed E-state index contributed by atoms with van der Waals surface area (Å²) < 4.78 is 0. The van der Waals surface area contributed by atoms with E-state index < -0.39 is 0 Å². The van der Waals surface area contributed by atoms with E-state index >= 15 is 0 Å². The Hall–Kier alpha value is -1.33. The third kappa shape index (κ3) is 2.17. The van der Waals surface area contributed by atoms with Crippen molar-refractivity contribution in [3.8, 4) is 0 Å². The molecule has 0 saturated heterocycles. The van der Waals surface area contributed by atoms with Gasteiger partial charge in [-0.2, -0.15) is 4.98 Å². The zero-order valence-corrected chi connectivity index (χ0v) is 11.4. The van der Waals surface area contributed by atoms with Crippen LogP contribution in [0.5, 0.6) is 0 Å². The zero-order valence-electron chi connectivity index (χ0n) is 9.88. The van der Waals surface area contributed by atoms with Gasteiger partial charge < -0.3 is 11.1 Å². The number of anilines is 1. The maximum Gasteiger partial charge on any atom is 0.224 e. The van der Waals surface area contributed by atoms with E-state index in [1.807, 2.05) is 0 Å². The Morgan fingerprint density at radius 1 is 1.37 bits per heavy atom. The molecule has 5 nitrogen and oxygen atoms in total. The number of hydrogen-bond donors (Lipinski definition) is 2. The lowest BCUT2D eigenvalue weighted by atomic mass is 9.88. The van der Waals surface area contributed by atoms with Crippen molar-refractivity contribution in [3.63, 3.8) is 0 Å². The third-order valence-corrected chi connectivity index (χ3v) is 4.26. The van der Waals surface area contributed by atoms with E-state index in [-0.39, 0.29) is 35.0 Å². The molecule has 0 spiro atoms. The SMILES string of the molecule is NC(=O)C1C(Nc2nc(Cl)ncc2Cl)[C@H]2C=C[C@@H]1C2. The van der Waals surface area contributed by atoms with Gasteiger partial charge in [-0.3, -0.25) is 4.79 Å². The van der Waals surface area contributed by atoms with Crippen molar-refractivity contribution in [1.29, 1.82) is 0 Å². The van der Waals surface area contributed by atoms with Crippen molar-refractivity contribution in [2.75, 3.05) is 5.32 Å². The van der Waals surface area contributed by atoms with Crippen LogP contribution >= 0.6 is 23.2 Å². The van der Waals surface area contributed by atoms with Crippen LogP contribution in [0.4, 0.5) is 5.82 Å². The average molecular weight is 299 g/mol. The van der Waals surface area contributed by atoms with Crippen LogP contribution in [0.25, 0.3) is 0 Å². The Balaban J connectivity index is 1.88. The van der Waals surface area contributed by atoms with Crippen molar-refractivity contribution >= 4 is 34.9 Å². The van der Waals surface area contributed by atoms with E-state index in [0.717, 1.165) is 6.42 Å². The van der Waals surface area contributed by atoms with Crippen LogP contribution in [0.2, 0.25) is 10.3 Å². The molecule has 0 aliphatic heterocycles. The first-order chi connectivity index (χ1) is 9.06. The summed E-state index contributed by atoms with van der Waals surface area (Å²) in [5, 5.41) is 3.68. The molecule has 19 heavy (non-hydrogen) atoms. The van der Waals surface area contributed by atoms with Crippen LogP contribution in [0, 0.1) is 17.8 Å². The molecule has 3 N–H and O–H groups in total. The molecule has 1 aromatic rings. The van der Waals surface area contributed by atoms with E-state index in [1.54, 1.807) is 0 Å². The topological polar surface area (TPSA) is 80.9 Å². The number of hydrogen-bond acceptors (Lipinski definition) is 4. The summed E-state index contributed by atoms with van der Waals surface area (Å²) in [7, 11) is 0. The average Bonchev–Trinajstić information content (AvgIpc) is 2.94. The van der Waals surface area contributed by atoms with Gasteiger partial charge in [0.25, 0.3) is 0 Å². The number of nitrogens with one attached hydrogen (secondary N) is 1. The molecule has 7 heteroatoms. The smallest absolute Gasteiger partial charge is 0.224 e. The van der Waals surface area contributed by atoms with Crippen LogP contribution in [-0.2, 0) is 4.79 Å². The van der Waals surface area contributed by atoms with Gasteiger partial charge in [0.1, 0.15) is 10.8 Å². The van der Waals surface area contributed by atoms with Crippen molar-refractivity contribution in [2.45, 2.75) is 12.5 Å². The molecule has 3 rings (SSSR count). The Labute approximate surface area is 120 Å². The molecule has 1 fully saturated rings. The Morgan fingerprint density at radius 2 is 2.11 bits per heavy atom. The second-order valence-electron chi connectivity index (χ2n) is 4.88. The quantitative estimate of drug-likeness (QED) is 0.659. The normalized spacial score (nSPS) is 31.7.